The van der Waals surface area contributed by atoms with E-state index in [0.717, 1.165) is 6.08 Å². The number of hydrogen-bond acceptors (Lipinski definition) is 5. The molecule has 0 unspecified atom stereocenters. The highest BCUT2D eigenvalue weighted by molar-refractivity contribution is 5.86. The second-order valence-electron chi connectivity index (χ2n) is 3.29. The number of aliphatic carboxylic acids is 1. The summed E-state index contributed by atoms with van der Waals surface area (Å²) in [5, 5.41) is 44.2. The predicted molar refractivity (Wildman–Crippen MR) is 51.1 cm³/mol. The summed E-state index contributed by atoms with van der Waals surface area (Å²) in [5.74, 6) is -1.25. The zero-order valence-electron chi connectivity index (χ0n) is 8.26. The third kappa shape index (κ3) is 3.96. The van der Waals surface area contributed by atoms with E-state index in [1.54, 1.807) is 0 Å². The molecule has 0 aromatic carbocycles. The zero-order valence-corrected chi connectivity index (χ0v) is 8.26. The van der Waals surface area contributed by atoms with Crippen LogP contribution in [0.5, 0.6) is 0 Å². The van der Waals surface area contributed by atoms with Crippen LogP contribution in [0.1, 0.15) is 6.42 Å². The van der Waals surface area contributed by atoms with Crippen LogP contribution in [0.15, 0.2) is 11.6 Å². The molecule has 0 saturated carbocycles. The number of carboxylic acid groups (broad SMARTS) is 1. The largest absolute Gasteiger partial charge is 0.478 e. The lowest BCUT2D eigenvalue weighted by atomic mass is 9.88. The second-order valence-corrected chi connectivity index (χ2v) is 3.29. The van der Waals surface area contributed by atoms with Gasteiger partial charge in [-0.15, -0.1) is 0 Å². The van der Waals surface area contributed by atoms with Crippen molar-refractivity contribution in [3.05, 3.63) is 11.6 Å². The minimum atomic E-state index is -1.36. The number of carboxylic acids is 1. The Hall–Kier alpha value is -0.950. The van der Waals surface area contributed by atoms with Gasteiger partial charge in [-0.1, -0.05) is 6.08 Å². The van der Waals surface area contributed by atoms with E-state index in [1.807, 2.05) is 0 Å². The normalized spacial score (nSPS) is 12.9. The smallest absolute Gasteiger partial charge is 0.331 e. The number of rotatable bonds is 7. The molecule has 6 nitrogen and oxygen atoms in total. The third-order valence-electron chi connectivity index (χ3n) is 2.08. The highest BCUT2D eigenvalue weighted by Crippen LogP contribution is 2.20. The zero-order chi connectivity index (χ0) is 11.9. The molecule has 0 bridgehead atoms. The summed E-state index contributed by atoms with van der Waals surface area (Å²) < 4.78 is 0. The summed E-state index contributed by atoms with van der Waals surface area (Å²) in [5.41, 5.74) is -1.50. The predicted octanol–water partition coefficient (Wildman–Crippen LogP) is -1.66. The molecule has 0 amide bonds. The van der Waals surface area contributed by atoms with Crippen LogP contribution in [0.25, 0.3) is 0 Å². The van der Waals surface area contributed by atoms with Gasteiger partial charge in [-0.2, -0.15) is 0 Å². The molecule has 0 radical (unpaired) electrons. The Morgan fingerprint density at radius 2 is 1.53 bits per heavy atom. The van der Waals surface area contributed by atoms with Gasteiger partial charge in [-0.25, -0.2) is 4.79 Å². The van der Waals surface area contributed by atoms with Crippen molar-refractivity contribution in [2.75, 3.05) is 26.4 Å². The van der Waals surface area contributed by atoms with Crippen molar-refractivity contribution in [1.82, 2.24) is 0 Å². The van der Waals surface area contributed by atoms with E-state index < -0.39 is 31.2 Å². The lowest BCUT2D eigenvalue weighted by molar-refractivity contribution is -0.133. The van der Waals surface area contributed by atoms with Crippen LogP contribution in [-0.2, 0) is 4.79 Å². The average Bonchev–Trinajstić information content (AvgIpc) is 2.24. The fourth-order valence-corrected chi connectivity index (χ4v) is 1.02. The Morgan fingerprint density at radius 1 is 1.07 bits per heavy atom. The number of hydrogen-bond donors (Lipinski definition) is 5. The minimum Gasteiger partial charge on any atom is -0.478 e. The molecule has 0 aromatic heterocycles. The average molecular weight is 220 g/mol. The first kappa shape index (κ1) is 14.1. The molecule has 88 valence electrons. The van der Waals surface area contributed by atoms with Crippen LogP contribution in [0, 0.1) is 5.41 Å². The molecule has 0 rings (SSSR count). The minimum absolute atomic E-state index is 0.100. The second kappa shape index (κ2) is 6.52. The van der Waals surface area contributed by atoms with Gasteiger partial charge < -0.3 is 25.5 Å². The van der Waals surface area contributed by atoms with Crippen molar-refractivity contribution in [3.63, 3.8) is 0 Å². The highest BCUT2D eigenvalue weighted by Gasteiger charge is 2.27. The van der Waals surface area contributed by atoms with E-state index in [2.05, 4.69) is 0 Å². The maximum absolute atomic E-state index is 10.7. The van der Waals surface area contributed by atoms with Gasteiger partial charge in [-0.3, -0.25) is 0 Å². The van der Waals surface area contributed by atoms with Crippen LogP contribution in [-0.4, -0.2) is 57.9 Å². The highest BCUT2D eigenvalue weighted by atomic mass is 16.4. The molecule has 0 spiro atoms. The van der Waals surface area contributed by atoms with Gasteiger partial charge in [0, 0.05) is 18.6 Å². The van der Waals surface area contributed by atoms with Crippen LogP contribution in [0.3, 0.4) is 0 Å². The van der Waals surface area contributed by atoms with E-state index in [4.69, 9.17) is 25.5 Å². The Bertz CT molecular complexity index is 222. The lowest BCUT2D eigenvalue weighted by Gasteiger charge is -2.24. The Kier molecular flexibility index (Phi) is 6.11. The summed E-state index contributed by atoms with van der Waals surface area (Å²) >= 11 is 0. The van der Waals surface area contributed by atoms with E-state index in [-0.39, 0.29) is 18.6 Å². The van der Waals surface area contributed by atoms with E-state index >= 15 is 0 Å². The molecule has 6 heteroatoms. The third-order valence-corrected chi connectivity index (χ3v) is 2.08. The summed E-state index contributed by atoms with van der Waals surface area (Å²) in [4.78, 5) is 10.7. The van der Waals surface area contributed by atoms with Crippen molar-refractivity contribution in [2.45, 2.75) is 6.42 Å². The van der Waals surface area contributed by atoms with Crippen LogP contribution < -0.4 is 0 Å². The molecule has 5 N–H and O–H groups in total. The topological polar surface area (TPSA) is 118 Å². The maximum atomic E-state index is 10.7. The lowest BCUT2D eigenvalue weighted by Crippen LogP contribution is -2.32. The van der Waals surface area contributed by atoms with Crippen molar-refractivity contribution in [1.29, 1.82) is 0 Å². The molecular weight excluding hydrogens is 204 g/mol. The van der Waals surface area contributed by atoms with Gasteiger partial charge in [-0.05, 0) is 0 Å². The standard InChI is InChI=1S/C9H16O6/c10-2-1-7(8(14)15)3-9(4-11,5-12)6-13/h3,10-13H,1-2,4-6H2,(H,14,15). The molecule has 0 saturated heterocycles. The first-order valence-corrected chi connectivity index (χ1v) is 4.43. The Morgan fingerprint density at radius 3 is 1.80 bits per heavy atom. The molecule has 15 heavy (non-hydrogen) atoms. The van der Waals surface area contributed by atoms with Gasteiger partial charge in [0.05, 0.1) is 25.2 Å². The maximum Gasteiger partial charge on any atom is 0.331 e. The van der Waals surface area contributed by atoms with Crippen LogP contribution >= 0.6 is 0 Å². The summed E-state index contributed by atoms with van der Waals surface area (Å²) in [6.45, 7) is -2.05. The molecule has 0 aromatic rings. The van der Waals surface area contributed by atoms with Gasteiger partial charge in [0.15, 0.2) is 0 Å². The van der Waals surface area contributed by atoms with Gasteiger partial charge in [0.2, 0.25) is 0 Å². The quantitative estimate of drug-likeness (QED) is 0.328. The summed E-state index contributed by atoms with van der Waals surface area (Å²) in [6, 6.07) is 0. The monoisotopic (exact) mass is 220 g/mol. The van der Waals surface area contributed by atoms with Crippen molar-refractivity contribution < 1.29 is 30.3 Å². The first-order valence-electron chi connectivity index (χ1n) is 4.43. The van der Waals surface area contributed by atoms with Gasteiger partial charge >= 0.3 is 5.97 Å². The fraction of sp³-hybridized carbons (Fsp3) is 0.667. The van der Waals surface area contributed by atoms with Gasteiger partial charge in [0.1, 0.15) is 0 Å². The summed E-state index contributed by atoms with van der Waals surface area (Å²) in [7, 11) is 0. The van der Waals surface area contributed by atoms with E-state index in [9.17, 15) is 4.79 Å². The summed E-state index contributed by atoms with van der Waals surface area (Å²) in [6.07, 6.45) is 0.989. The molecule has 0 aliphatic heterocycles. The molecular formula is C9H16O6. The van der Waals surface area contributed by atoms with Crippen molar-refractivity contribution >= 4 is 5.97 Å². The molecule has 0 atom stereocenters. The fourth-order valence-electron chi connectivity index (χ4n) is 1.02. The van der Waals surface area contributed by atoms with Gasteiger partial charge in [0.25, 0.3) is 0 Å². The molecule has 0 aliphatic carbocycles. The SMILES string of the molecule is O=C(O)C(=CC(CO)(CO)CO)CCO. The molecule has 0 fully saturated rings. The van der Waals surface area contributed by atoms with Crippen LogP contribution in [0.2, 0.25) is 0 Å². The van der Waals surface area contributed by atoms with E-state index in [0.29, 0.717) is 0 Å². The number of carbonyl (C=O) groups is 1. The van der Waals surface area contributed by atoms with E-state index in [1.165, 1.54) is 0 Å². The Labute approximate surface area is 87.1 Å². The molecule has 0 aliphatic rings. The number of aliphatic hydroxyl groups excluding tert-OH is 4. The molecule has 0 heterocycles. The number of aliphatic hydroxyl groups is 4. The first-order chi connectivity index (χ1) is 7.05. The Balaban J connectivity index is 4.96. The van der Waals surface area contributed by atoms with Crippen molar-refractivity contribution in [2.24, 2.45) is 5.41 Å². The van der Waals surface area contributed by atoms with Crippen molar-refractivity contribution in [3.8, 4) is 0 Å². The van der Waals surface area contributed by atoms with Crippen LogP contribution in [0.4, 0.5) is 0 Å².